The second-order valence-electron chi connectivity index (χ2n) is 1.75. The van der Waals surface area contributed by atoms with Crippen molar-refractivity contribution in [3.63, 3.8) is 0 Å². The van der Waals surface area contributed by atoms with Gasteiger partial charge in [-0.3, -0.25) is 0 Å². The first-order chi connectivity index (χ1) is 5.76. The fourth-order valence-corrected chi connectivity index (χ4v) is 0.630. The molecule has 1 rings (SSSR count). The molecule has 1 aromatic rings. The van der Waals surface area contributed by atoms with Gasteiger partial charge in [0.1, 0.15) is 0 Å². The molecule has 1 aromatic carbocycles. The first kappa shape index (κ1) is 10.2. The molecule has 0 atom stereocenters. The fraction of sp³-hybridized carbons (Fsp3) is 0.143. The Morgan fingerprint density at radius 3 is 2.25 bits per heavy atom. The van der Waals surface area contributed by atoms with Crippen LogP contribution in [-0.4, -0.2) is 17.4 Å². The van der Waals surface area contributed by atoms with E-state index in [0.29, 0.717) is 5.75 Å². The average molecular weight is 171 g/mol. The molecule has 0 aromatic heterocycles. The number of hydrogen-bond donors (Lipinski definition) is 2. The third kappa shape index (κ3) is 3.40. The second-order valence-corrected chi connectivity index (χ2v) is 1.75. The number of ether oxygens (including phenoxy) is 1. The van der Waals surface area contributed by atoms with E-state index < -0.39 is 0 Å². The molecular formula is C7H9NO4. The molecule has 0 aliphatic heterocycles. The Balaban J connectivity index is 0.000000354. The maximum Gasteiger partial charge on any atom is 0.160 e. The minimum absolute atomic E-state index is 0.181. The highest BCUT2D eigenvalue weighted by Crippen LogP contribution is 2.22. The molecule has 12 heavy (non-hydrogen) atoms. The summed E-state index contributed by atoms with van der Waals surface area (Å²) >= 11 is 0. The van der Waals surface area contributed by atoms with Crippen molar-refractivity contribution in [3.05, 3.63) is 29.2 Å². The monoisotopic (exact) mass is 171 g/mol. The second kappa shape index (κ2) is 5.96. The van der Waals surface area contributed by atoms with Crippen molar-refractivity contribution in [2.45, 2.75) is 0 Å². The predicted octanol–water partition coefficient (Wildman–Crippen LogP) is 1.54. The molecule has 5 heteroatoms. The van der Waals surface area contributed by atoms with Gasteiger partial charge >= 0.3 is 0 Å². The predicted molar refractivity (Wildman–Crippen MR) is 42.2 cm³/mol. The van der Waals surface area contributed by atoms with Crippen molar-refractivity contribution in [1.29, 1.82) is 0 Å². The van der Waals surface area contributed by atoms with Gasteiger partial charge in [-0.15, -0.1) is 4.91 Å². The van der Waals surface area contributed by atoms with Gasteiger partial charge in [0.15, 0.2) is 16.8 Å². The summed E-state index contributed by atoms with van der Waals surface area (Å²) in [4.78, 5) is 8.11. The van der Waals surface area contributed by atoms with Crippen LogP contribution in [0.4, 0.5) is 0 Å². The van der Waals surface area contributed by atoms with E-state index in [1.807, 2.05) is 0 Å². The SMILES string of the molecule is COc1ccccc1O.O=NO. The summed E-state index contributed by atoms with van der Waals surface area (Å²) in [5.74, 6) is 0.692. The van der Waals surface area contributed by atoms with Crippen LogP contribution >= 0.6 is 0 Å². The van der Waals surface area contributed by atoms with E-state index in [9.17, 15) is 0 Å². The van der Waals surface area contributed by atoms with E-state index >= 15 is 0 Å². The highest BCUT2D eigenvalue weighted by Gasteiger charge is 1.94. The number of para-hydroxylation sites is 2. The van der Waals surface area contributed by atoms with Crippen LogP contribution in [0.1, 0.15) is 0 Å². The van der Waals surface area contributed by atoms with E-state index in [1.165, 1.54) is 12.4 Å². The van der Waals surface area contributed by atoms with Crippen molar-refractivity contribution in [1.82, 2.24) is 0 Å². The zero-order valence-electron chi connectivity index (χ0n) is 6.47. The number of phenolic OH excluding ortho intramolecular Hbond substituents is 1. The first-order valence-electron chi connectivity index (χ1n) is 3.05. The standard InChI is InChI=1S/C7H8O2.HNO2/c1-9-7-5-3-2-4-6(7)8;2-1-3/h2-5,8H,1H3;(H,2,3). The Morgan fingerprint density at radius 2 is 1.92 bits per heavy atom. The molecule has 0 heterocycles. The normalized spacial score (nSPS) is 7.75. The summed E-state index contributed by atoms with van der Waals surface area (Å²) in [6.07, 6.45) is 0. The molecular weight excluding hydrogens is 162 g/mol. The maximum atomic E-state index is 8.99. The zero-order valence-corrected chi connectivity index (χ0v) is 6.47. The van der Waals surface area contributed by atoms with Crippen molar-refractivity contribution in [2.75, 3.05) is 7.11 Å². The molecule has 0 aliphatic rings. The lowest BCUT2D eigenvalue weighted by Gasteiger charge is -1.99. The molecule has 2 N–H and O–H groups in total. The van der Waals surface area contributed by atoms with Crippen LogP contribution in [0.5, 0.6) is 11.5 Å². The Hall–Kier alpha value is -1.78. The van der Waals surface area contributed by atoms with Crippen LogP contribution < -0.4 is 4.74 Å². The molecule has 0 radical (unpaired) electrons. The lowest BCUT2D eigenvalue weighted by molar-refractivity contribution is 0.312. The highest BCUT2D eigenvalue weighted by molar-refractivity contribution is 5.37. The molecule has 0 unspecified atom stereocenters. The largest absolute Gasteiger partial charge is 0.504 e. The van der Waals surface area contributed by atoms with Crippen molar-refractivity contribution < 1.29 is 15.1 Å². The summed E-state index contributed by atoms with van der Waals surface area (Å²) in [5, 5.41) is 16.9. The Kier molecular flexibility index (Phi) is 5.08. The summed E-state index contributed by atoms with van der Waals surface area (Å²) in [5.41, 5.74) is 0. The minimum atomic E-state index is 0.181. The Labute approximate surface area is 69.2 Å². The summed E-state index contributed by atoms with van der Waals surface area (Å²) < 4.78 is 4.79. The van der Waals surface area contributed by atoms with E-state index in [4.69, 9.17) is 20.0 Å². The van der Waals surface area contributed by atoms with Gasteiger partial charge in [0, 0.05) is 0 Å². The smallest absolute Gasteiger partial charge is 0.160 e. The van der Waals surface area contributed by atoms with E-state index in [-0.39, 0.29) is 5.75 Å². The molecule has 0 fully saturated rings. The van der Waals surface area contributed by atoms with E-state index in [2.05, 4.69) is 0 Å². The molecule has 66 valence electrons. The van der Waals surface area contributed by atoms with Gasteiger partial charge in [-0.2, -0.15) is 0 Å². The number of hydrogen-bond acceptors (Lipinski definition) is 4. The topological polar surface area (TPSA) is 79.1 Å². The van der Waals surface area contributed by atoms with Gasteiger partial charge in [-0.25, -0.2) is 0 Å². The number of benzene rings is 1. The molecule has 0 amide bonds. The van der Waals surface area contributed by atoms with Crippen LogP contribution in [0.3, 0.4) is 0 Å². The number of rotatable bonds is 1. The lowest BCUT2D eigenvalue weighted by Crippen LogP contribution is -1.80. The number of phenols is 1. The molecule has 0 saturated heterocycles. The third-order valence-corrected chi connectivity index (χ3v) is 1.09. The van der Waals surface area contributed by atoms with Gasteiger partial charge in [0.2, 0.25) is 0 Å². The molecule has 5 nitrogen and oxygen atoms in total. The molecule has 0 spiro atoms. The van der Waals surface area contributed by atoms with Gasteiger partial charge in [-0.05, 0) is 12.1 Å². The van der Waals surface area contributed by atoms with Gasteiger partial charge < -0.3 is 15.1 Å². The summed E-state index contributed by atoms with van der Waals surface area (Å²) in [7, 11) is 1.52. The molecule has 0 aliphatic carbocycles. The summed E-state index contributed by atoms with van der Waals surface area (Å²) in [6, 6.07) is 6.84. The van der Waals surface area contributed by atoms with Crippen LogP contribution in [0, 0.1) is 4.91 Å². The summed E-state index contributed by atoms with van der Waals surface area (Å²) in [6.45, 7) is 0. The Morgan fingerprint density at radius 1 is 1.42 bits per heavy atom. The van der Waals surface area contributed by atoms with Gasteiger partial charge in [-0.1, -0.05) is 12.1 Å². The number of methoxy groups -OCH3 is 1. The van der Waals surface area contributed by atoms with Crippen LogP contribution in [-0.2, 0) is 0 Å². The van der Waals surface area contributed by atoms with Crippen LogP contribution in [0.25, 0.3) is 0 Å². The van der Waals surface area contributed by atoms with Gasteiger partial charge in [0.25, 0.3) is 0 Å². The Bertz CT molecular complexity index is 239. The zero-order chi connectivity index (χ0) is 9.40. The maximum absolute atomic E-state index is 8.99. The van der Waals surface area contributed by atoms with Gasteiger partial charge in [0.05, 0.1) is 7.11 Å². The quantitative estimate of drug-likeness (QED) is 0.496. The number of aromatic hydroxyl groups is 1. The molecule has 0 saturated carbocycles. The first-order valence-corrected chi connectivity index (χ1v) is 3.05. The van der Waals surface area contributed by atoms with E-state index in [1.54, 1.807) is 24.3 Å². The van der Waals surface area contributed by atoms with Crippen LogP contribution in [0.2, 0.25) is 0 Å². The third-order valence-electron chi connectivity index (χ3n) is 1.09. The molecule has 0 bridgehead atoms. The van der Waals surface area contributed by atoms with Crippen LogP contribution in [0.15, 0.2) is 29.6 Å². The highest BCUT2D eigenvalue weighted by atomic mass is 16.6. The van der Waals surface area contributed by atoms with Crippen molar-refractivity contribution >= 4 is 0 Å². The van der Waals surface area contributed by atoms with Crippen molar-refractivity contribution in [2.24, 2.45) is 5.34 Å². The lowest BCUT2D eigenvalue weighted by atomic mass is 10.3. The van der Waals surface area contributed by atoms with Crippen molar-refractivity contribution in [3.8, 4) is 11.5 Å². The van der Waals surface area contributed by atoms with E-state index in [0.717, 1.165) is 0 Å². The average Bonchev–Trinajstić information content (AvgIpc) is 2.07. The number of nitrogens with zero attached hydrogens (tertiary/aromatic N) is 1. The fourth-order valence-electron chi connectivity index (χ4n) is 0.630. The minimum Gasteiger partial charge on any atom is -0.504 e.